The molecule has 6 aliphatic rings. The summed E-state index contributed by atoms with van der Waals surface area (Å²) in [5.74, 6) is 0.743. The molecule has 6 aliphatic carbocycles. The summed E-state index contributed by atoms with van der Waals surface area (Å²) in [5.41, 5.74) is 35.9. The number of carbonyl (C=O) groups is 4. The van der Waals surface area contributed by atoms with Crippen molar-refractivity contribution in [2.45, 2.75) is 210 Å². The molecule has 0 atom stereocenters. The second kappa shape index (κ2) is 44.2. The molecule has 0 aliphatic heterocycles. The molecule has 2 spiro atoms. The number of aromatic nitrogens is 8. The van der Waals surface area contributed by atoms with E-state index < -0.39 is 37.0 Å². The van der Waals surface area contributed by atoms with E-state index in [4.69, 9.17) is 31.2 Å². The first kappa shape index (κ1) is 99.2. The van der Waals surface area contributed by atoms with Crippen LogP contribution in [0.5, 0.6) is 11.8 Å². The number of nitrogens with one attached hydrogen (secondary N) is 3. The Balaban J connectivity index is 0.000000155. The number of rotatable bonds is 20. The predicted molar refractivity (Wildman–Crippen MR) is 517 cm³/mol. The average molecular weight is 1970 g/mol. The number of hydrogen-bond acceptors (Lipinski definition) is 16. The summed E-state index contributed by atoms with van der Waals surface area (Å²) in [6, 6.07) is 53.5. The zero-order valence-electron chi connectivity index (χ0n) is 75.4. The van der Waals surface area contributed by atoms with Crippen molar-refractivity contribution in [2.75, 3.05) is 6.26 Å². The van der Waals surface area contributed by atoms with Crippen molar-refractivity contribution >= 4 is 92.2 Å². The molecular formula is C100H117BBrN13O13PPdS+. The zero-order chi connectivity index (χ0) is 92.9. The summed E-state index contributed by atoms with van der Waals surface area (Å²) in [6.07, 6.45) is 35.4. The van der Waals surface area contributed by atoms with Gasteiger partial charge < -0.3 is 56.5 Å². The number of ether oxygens (including phenoxy) is 2. The van der Waals surface area contributed by atoms with Gasteiger partial charge in [-0.1, -0.05) is 121 Å². The van der Waals surface area contributed by atoms with E-state index in [9.17, 15) is 47.2 Å². The molecule has 31 heteroatoms. The number of primary amides is 2. The van der Waals surface area contributed by atoms with Gasteiger partial charge in [0.15, 0.2) is 0 Å². The van der Waals surface area contributed by atoms with Gasteiger partial charge in [-0.3, -0.25) is 33.3 Å². The third-order valence-electron chi connectivity index (χ3n) is 25.6. The minimum atomic E-state index is -3.67. The van der Waals surface area contributed by atoms with Crippen LogP contribution in [0, 0.1) is 16.9 Å². The number of nitrogens with zero attached hydrogens (tertiary/aromatic N) is 8. The Hall–Kier alpha value is -10.8. The molecule has 10 N–H and O–H groups in total. The first-order valence-corrected chi connectivity index (χ1v) is 49.0. The van der Waals surface area contributed by atoms with Crippen LogP contribution in [0.4, 0.5) is 5.69 Å². The molecule has 8 heterocycles. The van der Waals surface area contributed by atoms with E-state index in [0.29, 0.717) is 51.8 Å². The summed E-state index contributed by atoms with van der Waals surface area (Å²) in [7, 11) is -2.45. The molecule has 690 valence electrons. The van der Waals surface area contributed by atoms with Crippen molar-refractivity contribution in [1.29, 1.82) is 0 Å². The first-order chi connectivity index (χ1) is 62.1. The molecule has 131 heavy (non-hydrogen) atoms. The van der Waals surface area contributed by atoms with Crippen LogP contribution in [0.1, 0.15) is 233 Å². The Bertz CT molecular complexity index is 6200. The van der Waals surface area contributed by atoms with Gasteiger partial charge in [0.25, 0.3) is 33.7 Å². The Kier molecular flexibility index (Phi) is 33.5. The SMILES string of the molecule is CC(C)c1cc(C(C)C)c(-c2ccccc2[PH+](C2CCCCC2)C2CCCCC2)c(C(C)C)c1.CS(=O)(=O)O.Cn1cc(-c2ccc3c(C(=O)NC4CC5(C4)CC(Oc4ncccc4C(N)=O)C5)cnn3c2)ccc1=O.Cn1cc(Br)ccc1=O.NC(=O)c1cccnc1OC1CC2(CC(NC(=O)c3cnn4cc(B(O)O)ccc34)C2)C1.[NH-]c1ccccc1-c1[c-]cccc1.[Pd+2]. The van der Waals surface area contributed by atoms with Gasteiger partial charge in [-0.05, 0) is 230 Å². The van der Waals surface area contributed by atoms with Crippen molar-refractivity contribution in [3.05, 3.63) is 283 Å². The molecule has 0 saturated heterocycles. The fraction of sp³-hybridized carbons (Fsp3) is 0.380. The van der Waals surface area contributed by atoms with E-state index in [-0.39, 0.29) is 101 Å². The second-order valence-corrected chi connectivity index (χ2v) is 41.8. The van der Waals surface area contributed by atoms with Crippen LogP contribution in [0.3, 0.4) is 0 Å². The number of pyridine rings is 6. The largest absolute Gasteiger partial charge is 2.00 e. The third-order valence-corrected chi connectivity index (χ3v) is 30.1. The summed E-state index contributed by atoms with van der Waals surface area (Å²) in [4.78, 5) is 79.5. The Labute approximate surface area is 789 Å². The van der Waals surface area contributed by atoms with Crippen LogP contribution in [0.2, 0.25) is 0 Å². The van der Waals surface area contributed by atoms with E-state index >= 15 is 0 Å². The number of aryl methyl sites for hydroxylation is 2. The van der Waals surface area contributed by atoms with Crippen LogP contribution in [-0.4, -0.2) is 134 Å². The molecule has 6 fully saturated rings. The van der Waals surface area contributed by atoms with Gasteiger partial charge in [0.1, 0.15) is 23.3 Å². The fourth-order valence-electron chi connectivity index (χ4n) is 19.1. The van der Waals surface area contributed by atoms with Gasteiger partial charge in [0.2, 0.25) is 22.9 Å². The van der Waals surface area contributed by atoms with E-state index in [0.717, 1.165) is 94.9 Å². The van der Waals surface area contributed by atoms with Gasteiger partial charge in [-0.15, -0.1) is 41.5 Å². The molecule has 26 nitrogen and oxygen atoms in total. The number of carbonyl (C=O) groups excluding carboxylic acids is 4. The smallest absolute Gasteiger partial charge is 0.706 e. The molecule has 0 bridgehead atoms. The van der Waals surface area contributed by atoms with Crippen LogP contribution in [-0.2, 0) is 44.6 Å². The topological polar surface area (TPSA) is 386 Å². The molecule has 18 rings (SSSR count). The minimum Gasteiger partial charge on any atom is -0.706 e. The summed E-state index contributed by atoms with van der Waals surface area (Å²) >= 11 is 3.24. The summed E-state index contributed by atoms with van der Waals surface area (Å²) in [5, 5.41) is 35.0. The van der Waals surface area contributed by atoms with Crippen LogP contribution in [0.15, 0.2) is 221 Å². The van der Waals surface area contributed by atoms with E-state index in [1.807, 2.05) is 60.8 Å². The molecular weight excluding hydrogens is 1850 g/mol. The molecule has 8 aromatic heterocycles. The Morgan fingerprint density at radius 1 is 0.565 bits per heavy atom. The Morgan fingerprint density at radius 3 is 1.47 bits per heavy atom. The van der Waals surface area contributed by atoms with Crippen molar-refractivity contribution in [3.63, 3.8) is 0 Å². The standard InChI is InChI=1S/C33H49P.C27H26N6O4.C21H22BN5O5.C12H9N.C6H6BrNO.CH4O3S.Pd/c1-23(2)26-21-30(24(3)4)33(31(22-26)25(5)6)29-19-13-14-20-32(29)34(27-15-9-7-10-16-27)28-17-11-8-12-18-28;1-32-14-16(5-7-23(32)34)17-4-6-22-21(13-30-33(22)15-17)25(36)31-18-9-27(10-18)11-19(12-27)37-26-20(24(28)35)3-2-8-29-26;23-18(28)15-2-1-5-24-20(15)32-14-8-21(9-14)6-13(7-21)26-19(29)16-10-25-27-11-12(22(30)31)3-4-17(16)27;13-12-9-5-4-8-11(12)10-6-2-1-3-7-10;1-8-4-5(7)2-3-6(8)9;1-5(2,3)4;/h13-14,19-25,27-28H,7-12,15-18H2,1-6H3;2-8,13-15,18-19H,9-12H2,1H3,(H2,28,35)(H,31,36);1-5,10-11,13-14,30-31H,6-9H2,(H2,23,28)(H,26,29);1-6,8-9,13H;2-4H,1H3;1H3,(H,2,3,4);/q;;;-2;;;+2/p+1. The maximum Gasteiger partial charge on any atom is 2.00 e. The average Bonchev–Trinajstić information content (AvgIpc) is 1.71. The molecule has 0 radical (unpaired) electrons. The van der Waals surface area contributed by atoms with Gasteiger partial charge in [0, 0.05) is 104 Å². The maximum atomic E-state index is 13.0. The Morgan fingerprint density at radius 2 is 1.02 bits per heavy atom. The van der Waals surface area contributed by atoms with Crippen molar-refractivity contribution in [2.24, 2.45) is 36.4 Å². The maximum absolute atomic E-state index is 13.0. The monoisotopic (exact) mass is 1970 g/mol. The van der Waals surface area contributed by atoms with Crippen LogP contribution < -0.4 is 53.5 Å². The van der Waals surface area contributed by atoms with Crippen LogP contribution >= 0.6 is 23.9 Å². The fourth-order valence-corrected chi connectivity index (χ4v) is 23.9. The minimum absolute atomic E-state index is 0. The molecule has 6 saturated carbocycles. The summed E-state index contributed by atoms with van der Waals surface area (Å²) < 4.78 is 44.8. The van der Waals surface area contributed by atoms with Gasteiger partial charge >= 0.3 is 27.5 Å². The predicted octanol–water partition coefficient (Wildman–Crippen LogP) is 16.7. The molecule has 0 unspecified atom stereocenters. The normalized spacial score (nSPS) is 19.0. The number of halogens is 1. The van der Waals surface area contributed by atoms with E-state index in [1.54, 1.807) is 132 Å². The van der Waals surface area contributed by atoms with E-state index in [1.165, 1.54) is 108 Å². The number of amides is 4. The molecule has 4 aromatic carbocycles. The van der Waals surface area contributed by atoms with Gasteiger partial charge in [-0.2, -0.15) is 24.3 Å². The van der Waals surface area contributed by atoms with Gasteiger partial charge in [-0.25, -0.2) is 19.0 Å². The summed E-state index contributed by atoms with van der Waals surface area (Å²) in [6.45, 7) is 14.3. The van der Waals surface area contributed by atoms with E-state index in [2.05, 4.69) is 131 Å². The number of hydrogen-bond donors (Lipinski definition) is 7. The van der Waals surface area contributed by atoms with Crippen molar-refractivity contribution < 1.29 is 72.1 Å². The number of fused-ring (bicyclic) bond motifs is 2. The quantitative estimate of drug-likeness (QED) is 0.0161. The molecule has 12 aromatic rings. The number of nitrogens with two attached hydrogens (primary N) is 2. The zero-order valence-corrected chi connectivity index (χ0v) is 80.3. The number of benzene rings is 4. The molecule has 4 amide bonds. The van der Waals surface area contributed by atoms with Gasteiger partial charge in [0.05, 0.1) is 57.4 Å². The first-order valence-electron chi connectivity index (χ1n) is 44.7. The third kappa shape index (κ3) is 25.1. The van der Waals surface area contributed by atoms with Crippen LogP contribution in [0.25, 0.3) is 50.1 Å². The van der Waals surface area contributed by atoms with Crippen molar-refractivity contribution in [1.82, 2.24) is 49.0 Å². The second-order valence-electron chi connectivity index (χ2n) is 36.4. The van der Waals surface area contributed by atoms with Crippen molar-refractivity contribution in [3.8, 4) is 45.1 Å².